The number of aliphatic hydroxyl groups is 3. The molecule has 0 aromatic heterocycles. The zero-order valence-corrected chi connectivity index (χ0v) is 19.0. The van der Waals surface area contributed by atoms with Gasteiger partial charge in [0.2, 0.25) is 5.91 Å². The van der Waals surface area contributed by atoms with Crippen molar-refractivity contribution in [3.05, 3.63) is 0 Å². The lowest BCUT2D eigenvalue weighted by molar-refractivity contribution is -0.208. The molecule has 0 aliphatic carbocycles. The molecule has 5 N–H and O–H groups in total. The van der Waals surface area contributed by atoms with Gasteiger partial charge in [0.25, 0.3) is 0 Å². The average Bonchev–Trinajstić information content (AvgIpc) is 2.74. The fraction of sp³-hybridized carbons (Fsp3) is 0.900. The molecule has 2 heterocycles. The van der Waals surface area contributed by atoms with Gasteiger partial charge in [-0.1, -0.05) is 19.0 Å². The summed E-state index contributed by atoms with van der Waals surface area (Å²) in [5, 5.41) is 40.9. The topological polar surface area (TPSA) is 133 Å². The monoisotopic (exact) mass is 447 g/mol. The van der Waals surface area contributed by atoms with Gasteiger partial charge in [-0.05, 0) is 50.3 Å². The first-order chi connectivity index (χ1) is 14.3. The molecule has 2 fully saturated rings. The third-order valence-corrected chi connectivity index (χ3v) is 6.79. The molecule has 9 nitrogen and oxygen atoms in total. The van der Waals surface area contributed by atoms with E-state index in [2.05, 4.69) is 20.6 Å². The Morgan fingerprint density at radius 2 is 2.07 bits per heavy atom. The van der Waals surface area contributed by atoms with E-state index in [4.69, 9.17) is 4.74 Å². The number of oxime groups is 1. The Morgan fingerprint density at radius 1 is 1.33 bits per heavy atom. The molecule has 0 saturated carbocycles. The fourth-order valence-corrected chi connectivity index (χ4v) is 4.83. The van der Waals surface area contributed by atoms with E-state index >= 15 is 0 Å². The lowest BCUT2D eigenvalue weighted by Gasteiger charge is -2.44. The van der Waals surface area contributed by atoms with E-state index in [0.717, 1.165) is 32.2 Å². The molecule has 30 heavy (non-hydrogen) atoms. The predicted octanol–water partition coefficient (Wildman–Crippen LogP) is 0.0784. The molecule has 0 bridgehead atoms. The van der Waals surface area contributed by atoms with Crippen LogP contribution < -0.4 is 10.6 Å². The summed E-state index contributed by atoms with van der Waals surface area (Å²) in [6.07, 6.45) is 2.37. The highest BCUT2D eigenvalue weighted by atomic mass is 32.2. The number of nitrogens with one attached hydrogen (secondary N) is 2. The minimum Gasteiger partial charge on any atom is -0.399 e. The largest absolute Gasteiger partial charge is 0.399 e. The number of hydrogen-bond donors (Lipinski definition) is 5. The van der Waals surface area contributed by atoms with Gasteiger partial charge in [-0.25, -0.2) is 0 Å². The van der Waals surface area contributed by atoms with Crippen LogP contribution in [0.1, 0.15) is 39.5 Å². The summed E-state index contributed by atoms with van der Waals surface area (Å²) < 4.78 is 5.88. The average molecular weight is 448 g/mol. The van der Waals surface area contributed by atoms with Crippen LogP contribution in [0.25, 0.3) is 0 Å². The molecular weight excluding hydrogens is 410 g/mol. The van der Waals surface area contributed by atoms with Crippen molar-refractivity contribution in [1.82, 2.24) is 10.6 Å². The van der Waals surface area contributed by atoms with Gasteiger partial charge in [0, 0.05) is 6.21 Å². The second-order valence-electron chi connectivity index (χ2n) is 8.40. The normalized spacial score (nSPS) is 36.1. The van der Waals surface area contributed by atoms with Crippen molar-refractivity contribution >= 4 is 23.9 Å². The van der Waals surface area contributed by atoms with Crippen LogP contribution in [0.5, 0.6) is 0 Å². The van der Waals surface area contributed by atoms with E-state index in [1.165, 1.54) is 18.9 Å². The zero-order chi connectivity index (χ0) is 22.3. The van der Waals surface area contributed by atoms with Gasteiger partial charge in [0.15, 0.2) is 0 Å². The maximum Gasteiger partial charge on any atom is 0.237 e. The van der Waals surface area contributed by atoms with Crippen molar-refractivity contribution in [2.45, 2.75) is 81.5 Å². The second-order valence-corrected chi connectivity index (χ2v) is 9.34. The summed E-state index contributed by atoms with van der Waals surface area (Å²) in [6.45, 7) is 4.62. The zero-order valence-electron chi connectivity index (χ0n) is 18.2. The lowest BCUT2D eigenvalue weighted by atomic mass is 9.86. The van der Waals surface area contributed by atoms with Crippen LogP contribution in [0.15, 0.2) is 5.16 Å². The van der Waals surface area contributed by atoms with Crippen molar-refractivity contribution in [2.75, 3.05) is 19.9 Å². The second kappa shape index (κ2) is 12.2. The summed E-state index contributed by atoms with van der Waals surface area (Å²) in [5.41, 5.74) is -0.669. The maximum absolute atomic E-state index is 13.0. The first-order valence-electron chi connectivity index (χ1n) is 10.6. The number of hydrogen-bond acceptors (Lipinski definition) is 9. The van der Waals surface area contributed by atoms with Crippen LogP contribution in [0.3, 0.4) is 0 Å². The molecule has 1 amide bonds. The molecule has 8 unspecified atom stereocenters. The van der Waals surface area contributed by atoms with Crippen LogP contribution in [0.2, 0.25) is 0 Å². The third-order valence-electron chi connectivity index (χ3n) is 5.93. The molecule has 2 aliphatic heterocycles. The summed E-state index contributed by atoms with van der Waals surface area (Å²) in [4.78, 5) is 17.7. The Hall–Kier alpha value is -0.910. The SMILES string of the molecule is CON=CCCC1CCNC(C(=O)NC(C(C)C)C2OC(SC)C(O)C(O)C2O)C1. The van der Waals surface area contributed by atoms with Gasteiger partial charge in [0.1, 0.15) is 37.0 Å². The van der Waals surface area contributed by atoms with E-state index in [-0.39, 0.29) is 17.9 Å². The minimum absolute atomic E-state index is 0.0387. The lowest BCUT2D eigenvalue weighted by Crippen LogP contribution is -2.65. The van der Waals surface area contributed by atoms with Crippen molar-refractivity contribution in [3.8, 4) is 0 Å². The molecule has 2 rings (SSSR count). The minimum atomic E-state index is -1.33. The number of thioether (sulfide) groups is 1. The number of carbonyl (C=O) groups excluding carboxylic acids is 1. The van der Waals surface area contributed by atoms with Crippen LogP contribution in [0.4, 0.5) is 0 Å². The first kappa shape index (κ1) is 25.4. The highest BCUT2D eigenvalue weighted by Crippen LogP contribution is 2.30. The Morgan fingerprint density at radius 3 is 2.70 bits per heavy atom. The van der Waals surface area contributed by atoms with Gasteiger partial charge in [-0.2, -0.15) is 0 Å². The van der Waals surface area contributed by atoms with E-state index in [0.29, 0.717) is 5.92 Å². The number of ether oxygens (including phenoxy) is 1. The van der Waals surface area contributed by atoms with Gasteiger partial charge < -0.3 is 35.5 Å². The third kappa shape index (κ3) is 6.54. The summed E-state index contributed by atoms with van der Waals surface area (Å²) in [7, 11) is 1.51. The van der Waals surface area contributed by atoms with Crippen LogP contribution in [0, 0.1) is 11.8 Å². The summed E-state index contributed by atoms with van der Waals surface area (Å²) >= 11 is 1.26. The molecule has 8 atom stereocenters. The number of nitrogens with zero attached hydrogens (tertiary/aromatic N) is 1. The predicted molar refractivity (Wildman–Crippen MR) is 116 cm³/mol. The van der Waals surface area contributed by atoms with Crippen LogP contribution in [-0.4, -0.2) is 89.3 Å². The van der Waals surface area contributed by atoms with E-state index < -0.39 is 35.9 Å². The first-order valence-corrected chi connectivity index (χ1v) is 11.9. The summed E-state index contributed by atoms with van der Waals surface area (Å²) in [6, 6.07) is -0.822. The Kier molecular flexibility index (Phi) is 10.3. The van der Waals surface area contributed by atoms with Gasteiger partial charge in [-0.15, -0.1) is 11.8 Å². The molecule has 2 saturated heterocycles. The molecule has 10 heteroatoms. The number of piperidine rings is 1. The smallest absolute Gasteiger partial charge is 0.237 e. The molecule has 2 aliphatic rings. The van der Waals surface area contributed by atoms with Gasteiger partial charge in [0.05, 0.1) is 12.1 Å². The van der Waals surface area contributed by atoms with Gasteiger partial charge >= 0.3 is 0 Å². The molecule has 0 aromatic carbocycles. The fourth-order valence-electron chi connectivity index (χ4n) is 4.15. The number of rotatable bonds is 9. The van der Waals surface area contributed by atoms with Crippen LogP contribution in [-0.2, 0) is 14.4 Å². The molecule has 0 aromatic rings. The quantitative estimate of drug-likeness (QED) is 0.248. The highest BCUT2D eigenvalue weighted by molar-refractivity contribution is 7.99. The van der Waals surface area contributed by atoms with E-state index in [1.54, 1.807) is 12.5 Å². The van der Waals surface area contributed by atoms with E-state index in [1.807, 2.05) is 13.8 Å². The Labute approximate surface area is 183 Å². The van der Waals surface area contributed by atoms with Crippen molar-refractivity contribution in [2.24, 2.45) is 17.0 Å². The highest BCUT2D eigenvalue weighted by Gasteiger charge is 2.47. The van der Waals surface area contributed by atoms with Crippen molar-refractivity contribution in [3.63, 3.8) is 0 Å². The molecule has 0 radical (unpaired) electrons. The molecule has 174 valence electrons. The number of amides is 1. The number of aliphatic hydroxyl groups excluding tert-OH is 3. The van der Waals surface area contributed by atoms with Crippen molar-refractivity contribution < 1.29 is 29.7 Å². The molecule has 0 spiro atoms. The summed E-state index contributed by atoms with van der Waals surface area (Å²) in [5.74, 6) is 0.237. The standard InChI is InChI=1S/C20H37N3O6S/c1-11(2)14(18-16(25)15(24)17(26)20(29-18)30-4)23-19(27)13-10-12(7-9-21-13)6-5-8-22-28-3/h8,11-18,20-21,24-26H,5-7,9-10H2,1-4H3,(H,23,27). The number of carbonyl (C=O) groups is 1. The Bertz CT molecular complexity index is 565. The molecular formula is C20H37N3O6S. The maximum atomic E-state index is 13.0. The van der Waals surface area contributed by atoms with Crippen LogP contribution >= 0.6 is 11.8 Å². The van der Waals surface area contributed by atoms with Crippen molar-refractivity contribution in [1.29, 1.82) is 0 Å². The Balaban J connectivity index is 2.00. The van der Waals surface area contributed by atoms with Gasteiger partial charge in [-0.3, -0.25) is 4.79 Å². The van der Waals surface area contributed by atoms with E-state index in [9.17, 15) is 20.1 Å².